The largest absolute Gasteiger partial charge is 0.390 e. The van der Waals surface area contributed by atoms with Gasteiger partial charge in [-0.2, -0.15) is 0 Å². The molecule has 1 heterocycles. The number of aliphatic hydroxyl groups excluding tert-OH is 1. The first-order valence-corrected chi connectivity index (χ1v) is 8.87. The number of rotatable bonds is 9. The average molecular weight is 317 g/mol. The molecule has 0 aliphatic rings. The lowest BCUT2D eigenvalue weighted by molar-refractivity contribution is 0.268. The van der Waals surface area contributed by atoms with Crippen LogP contribution < -0.4 is 4.72 Å². The third-order valence-electron chi connectivity index (χ3n) is 3.55. The summed E-state index contributed by atoms with van der Waals surface area (Å²) in [5.41, 5.74) is 0.606. The van der Waals surface area contributed by atoms with Crippen LogP contribution in [0.15, 0.2) is 17.2 Å². The molecule has 0 unspecified atom stereocenters. The number of hydrogen-bond acceptors (Lipinski definition) is 4. The molecule has 0 aliphatic carbocycles. The summed E-state index contributed by atoms with van der Waals surface area (Å²) < 4.78 is 28.9. The van der Waals surface area contributed by atoms with Gasteiger partial charge in [0, 0.05) is 31.0 Å². The Labute approximate surface area is 127 Å². The van der Waals surface area contributed by atoms with Gasteiger partial charge in [-0.1, -0.05) is 13.8 Å². The summed E-state index contributed by atoms with van der Waals surface area (Å²) in [6, 6.07) is 1.63. The van der Waals surface area contributed by atoms with Crippen molar-refractivity contribution in [2.75, 3.05) is 26.2 Å². The van der Waals surface area contributed by atoms with Crippen molar-refractivity contribution in [2.24, 2.45) is 0 Å². The molecule has 1 aromatic rings. The number of aliphatic hydroxyl groups is 1. The molecular weight excluding hydrogens is 290 g/mol. The first-order valence-electron chi connectivity index (χ1n) is 7.39. The summed E-state index contributed by atoms with van der Waals surface area (Å²) in [7, 11) is -3.53. The van der Waals surface area contributed by atoms with Gasteiger partial charge in [-0.25, -0.2) is 13.1 Å². The summed E-state index contributed by atoms with van der Waals surface area (Å²) in [6.07, 6.45) is 1.58. The van der Waals surface area contributed by atoms with Crippen LogP contribution in [-0.2, 0) is 16.6 Å². The van der Waals surface area contributed by atoms with E-state index in [2.05, 4.69) is 9.62 Å². The molecule has 0 bridgehead atoms. The Bertz CT molecular complexity index is 534. The van der Waals surface area contributed by atoms with Gasteiger partial charge in [0.25, 0.3) is 0 Å². The van der Waals surface area contributed by atoms with E-state index in [9.17, 15) is 13.5 Å². The van der Waals surface area contributed by atoms with Crippen LogP contribution in [0.4, 0.5) is 0 Å². The van der Waals surface area contributed by atoms with Gasteiger partial charge >= 0.3 is 0 Å². The highest BCUT2D eigenvalue weighted by Crippen LogP contribution is 2.18. The zero-order chi connectivity index (χ0) is 16.0. The van der Waals surface area contributed by atoms with E-state index in [1.807, 2.05) is 27.7 Å². The van der Waals surface area contributed by atoms with Gasteiger partial charge in [0.1, 0.15) is 0 Å². The van der Waals surface area contributed by atoms with Crippen LogP contribution in [0.2, 0.25) is 0 Å². The number of hydrogen-bond donors (Lipinski definition) is 2. The molecule has 0 saturated carbocycles. The molecule has 1 rings (SSSR count). The Morgan fingerprint density at radius 1 is 1.33 bits per heavy atom. The van der Waals surface area contributed by atoms with Crippen molar-refractivity contribution in [2.45, 2.75) is 45.2 Å². The average Bonchev–Trinajstić information content (AvgIpc) is 2.89. The van der Waals surface area contributed by atoms with E-state index >= 15 is 0 Å². The Morgan fingerprint density at radius 3 is 2.38 bits per heavy atom. The zero-order valence-corrected chi connectivity index (χ0v) is 14.2. The third kappa shape index (κ3) is 4.81. The predicted octanol–water partition coefficient (Wildman–Crippen LogP) is 1.18. The Balaban J connectivity index is 2.79. The second kappa shape index (κ2) is 7.93. The first-order chi connectivity index (χ1) is 9.85. The van der Waals surface area contributed by atoms with E-state index in [0.717, 1.165) is 13.1 Å². The SMILES string of the molecule is CCN(CC)CCNS(=O)(=O)c1cc(CO)n(C(C)C)c1. The Morgan fingerprint density at radius 2 is 1.95 bits per heavy atom. The van der Waals surface area contributed by atoms with Crippen LogP contribution in [0.5, 0.6) is 0 Å². The van der Waals surface area contributed by atoms with Crippen molar-refractivity contribution in [3.63, 3.8) is 0 Å². The highest BCUT2D eigenvalue weighted by molar-refractivity contribution is 7.89. The van der Waals surface area contributed by atoms with Gasteiger partial charge in [-0.15, -0.1) is 0 Å². The third-order valence-corrected chi connectivity index (χ3v) is 4.98. The Kier molecular flexibility index (Phi) is 6.86. The molecule has 0 radical (unpaired) electrons. The van der Waals surface area contributed by atoms with Gasteiger partial charge in [0.15, 0.2) is 0 Å². The quantitative estimate of drug-likeness (QED) is 0.717. The molecule has 6 nitrogen and oxygen atoms in total. The monoisotopic (exact) mass is 317 g/mol. The molecule has 0 spiro atoms. The van der Waals surface area contributed by atoms with Crippen molar-refractivity contribution in [1.29, 1.82) is 0 Å². The predicted molar refractivity (Wildman–Crippen MR) is 83.7 cm³/mol. The maximum absolute atomic E-state index is 12.3. The molecule has 1 aromatic heterocycles. The summed E-state index contributed by atoms with van der Waals surface area (Å²) in [5.74, 6) is 0. The van der Waals surface area contributed by atoms with E-state index in [1.54, 1.807) is 10.8 Å². The zero-order valence-electron chi connectivity index (χ0n) is 13.3. The van der Waals surface area contributed by atoms with Crippen molar-refractivity contribution in [1.82, 2.24) is 14.2 Å². The highest BCUT2D eigenvalue weighted by atomic mass is 32.2. The fourth-order valence-electron chi connectivity index (χ4n) is 2.21. The minimum Gasteiger partial charge on any atom is -0.390 e. The molecule has 0 amide bonds. The molecule has 2 N–H and O–H groups in total. The molecule has 0 aliphatic heterocycles. The molecule has 7 heteroatoms. The standard InChI is InChI=1S/C14H27N3O3S/c1-5-16(6-2)8-7-15-21(19,20)14-9-13(11-18)17(10-14)12(3)4/h9-10,12,15,18H,5-8,11H2,1-4H3. The maximum atomic E-state index is 12.3. The lowest BCUT2D eigenvalue weighted by Crippen LogP contribution is -2.34. The van der Waals surface area contributed by atoms with Gasteiger partial charge < -0.3 is 14.6 Å². The van der Waals surface area contributed by atoms with Crippen LogP contribution >= 0.6 is 0 Å². The lowest BCUT2D eigenvalue weighted by atomic mass is 10.3. The number of nitrogens with one attached hydrogen (secondary N) is 1. The molecular formula is C14H27N3O3S. The molecule has 21 heavy (non-hydrogen) atoms. The topological polar surface area (TPSA) is 74.6 Å². The van der Waals surface area contributed by atoms with E-state index in [-0.39, 0.29) is 17.5 Å². The molecule has 0 aromatic carbocycles. The van der Waals surface area contributed by atoms with E-state index < -0.39 is 10.0 Å². The smallest absolute Gasteiger partial charge is 0.242 e. The minimum atomic E-state index is -3.53. The van der Waals surface area contributed by atoms with Crippen molar-refractivity contribution >= 4 is 10.0 Å². The summed E-state index contributed by atoms with van der Waals surface area (Å²) in [5, 5.41) is 9.32. The summed E-state index contributed by atoms with van der Waals surface area (Å²) in [6.45, 7) is 10.7. The van der Waals surface area contributed by atoms with Gasteiger partial charge in [-0.3, -0.25) is 0 Å². The molecule has 0 fully saturated rings. The number of aromatic nitrogens is 1. The fraction of sp³-hybridized carbons (Fsp3) is 0.714. The number of nitrogens with zero attached hydrogens (tertiary/aromatic N) is 2. The van der Waals surface area contributed by atoms with Crippen molar-refractivity contribution in [3.05, 3.63) is 18.0 Å². The Hall–Kier alpha value is -0.890. The second-order valence-corrected chi connectivity index (χ2v) is 7.02. The number of likely N-dealkylation sites (N-methyl/N-ethyl adjacent to an activating group) is 1. The van der Waals surface area contributed by atoms with Crippen molar-refractivity contribution in [3.8, 4) is 0 Å². The van der Waals surface area contributed by atoms with Gasteiger partial charge in [-0.05, 0) is 33.0 Å². The molecule has 122 valence electrons. The van der Waals surface area contributed by atoms with Gasteiger partial charge in [0.05, 0.1) is 11.5 Å². The van der Waals surface area contributed by atoms with Crippen LogP contribution in [0.3, 0.4) is 0 Å². The van der Waals surface area contributed by atoms with Crippen molar-refractivity contribution < 1.29 is 13.5 Å². The van der Waals surface area contributed by atoms with E-state index in [1.165, 1.54) is 6.07 Å². The molecule has 0 saturated heterocycles. The minimum absolute atomic E-state index is 0.103. The van der Waals surface area contributed by atoms with Crippen LogP contribution in [0.1, 0.15) is 39.4 Å². The lowest BCUT2D eigenvalue weighted by Gasteiger charge is -2.17. The van der Waals surface area contributed by atoms with E-state index in [4.69, 9.17) is 0 Å². The van der Waals surface area contributed by atoms with E-state index in [0.29, 0.717) is 18.8 Å². The fourth-order valence-corrected chi connectivity index (χ4v) is 3.28. The normalized spacial score (nSPS) is 12.5. The first kappa shape index (κ1) is 18.2. The molecule has 0 atom stereocenters. The number of sulfonamides is 1. The van der Waals surface area contributed by atoms with Gasteiger partial charge in [0.2, 0.25) is 10.0 Å². The second-order valence-electron chi connectivity index (χ2n) is 5.25. The highest BCUT2D eigenvalue weighted by Gasteiger charge is 2.19. The van der Waals surface area contributed by atoms with Crippen LogP contribution in [-0.4, -0.2) is 49.2 Å². The van der Waals surface area contributed by atoms with Crippen LogP contribution in [0, 0.1) is 0 Å². The summed E-state index contributed by atoms with van der Waals surface area (Å²) in [4.78, 5) is 2.36. The summed E-state index contributed by atoms with van der Waals surface area (Å²) >= 11 is 0. The van der Waals surface area contributed by atoms with Crippen LogP contribution in [0.25, 0.3) is 0 Å². The maximum Gasteiger partial charge on any atom is 0.242 e.